The van der Waals surface area contributed by atoms with Crippen LogP contribution in [-0.2, 0) is 32.6 Å². The summed E-state index contributed by atoms with van der Waals surface area (Å²) in [5.74, 6) is -0.860. The molecule has 1 saturated carbocycles. The van der Waals surface area contributed by atoms with Crippen molar-refractivity contribution in [2.45, 2.75) is 62.6 Å². The molecule has 246 valence electrons. The maximum atomic E-state index is 14.7. The van der Waals surface area contributed by atoms with Gasteiger partial charge in [-0.3, -0.25) is 13.9 Å². The zero-order chi connectivity index (χ0) is 33.6. The van der Waals surface area contributed by atoms with Gasteiger partial charge in [-0.2, -0.15) is 0 Å². The van der Waals surface area contributed by atoms with Gasteiger partial charge in [-0.25, -0.2) is 8.42 Å². The van der Waals surface area contributed by atoms with Crippen molar-refractivity contribution in [2.75, 3.05) is 10.8 Å². The van der Waals surface area contributed by atoms with E-state index in [0.29, 0.717) is 31.9 Å². The molecule has 11 heteroatoms. The molecule has 0 heterocycles. The van der Waals surface area contributed by atoms with Crippen molar-refractivity contribution in [1.82, 2.24) is 10.2 Å². The fraction of sp³-hybridized carbons (Fsp3) is 0.278. The van der Waals surface area contributed by atoms with Crippen molar-refractivity contribution < 1.29 is 18.0 Å². The molecule has 0 saturated heterocycles. The van der Waals surface area contributed by atoms with Crippen LogP contribution in [0.3, 0.4) is 0 Å². The van der Waals surface area contributed by atoms with Crippen molar-refractivity contribution in [2.24, 2.45) is 0 Å². The Hall–Kier alpha value is -3.56. The SMILES string of the molecule is Cc1cc(Cl)ccc1N(CC(=O)N(Cc1ccc(Cl)c(Cl)c1)C(Cc1ccccc1)C(=O)NC1CCCC1)S(=O)(=O)c1ccccc1. The van der Waals surface area contributed by atoms with Crippen LogP contribution in [0.15, 0.2) is 102 Å². The van der Waals surface area contributed by atoms with Gasteiger partial charge in [0.2, 0.25) is 11.8 Å². The first-order valence-electron chi connectivity index (χ1n) is 15.4. The van der Waals surface area contributed by atoms with Crippen LogP contribution in [-0.4, -0.2) is 43.8 Å². The van der Waals surface area contributed by atoms with Gasteiger partial charge in [0.05, 0.1) is 20.6 Å². The summed E-state index contributed by atoms with van der Waals surface area (Å²) in [7, 11) is -4.22. The van der Waals surface area contributed by atoms with Gasteiger partial charge in [0.25, 0.3) is 10.0 Å². The van der Waals surface area contributed by atoms with Crippen LogP contribution in [0.25, 0.3) is 0 Å². The molecule has 1 unspecified atom stereocenters. The second-order valence-corrected chi connectivity index (χ2v) is 14.8. The lowest BCUT2D eigenvalue weighted by Crippen LogP contribution is -2.54. The van der Waals surface area contributed by atoms with E-state index in [1.165, 1.54) is 17.0 Å². The average molecular weight is 713 g/mol. The highest BCUT2D eigenvalue weighted by molar-refractivity contribution is 7.92. The van der Waals surface area contributed by atoms with Crippen LogP contribution in [0, 0.1) is 6.92 Å². The van der Waals surface area contributed by atoms with Crippen molar-refractivity contribution in [3.63, 3.8) is 0 Å². The standard InChI is InChI=1S/C36H36Cl3N3O4S/c1-25-20-28(37)17-19-33(25)42(47(45,46)30-14-6-3-7-15-30)24-35(43)41(23-27-16-18-31(38)32(39)21-27)34(22-26-10-4-2-5-11-26)36(44)40-29-12-8-9-13-29/h2-7,10-11,14-21,29,34H,8-9,12-13,22-24H2,1H3,(H,40,44). The summed E-state index contributed by atoms with van der Waals surface area (Å²) in [5, 5.41) is 4.26. The Morgan fingerprint density at radius 1 is 0.830 bits per heavy atom. The lowest BCUT2D eigenvalue weighted by molar-refractivity contribution is -0.140. The van der Waals surface area contributed by atoms with E-state index in [-0.39, 0.29) is 29.8 Å². The summed E-state index contributed by atoms with van der Waals surface area (Å²) >= 11 is 18.8. The number of halogens is 3. The normalized spacial score (nSPS) is 14.0. The molecule has 4 aromatic carbocycles. The fourth-order valence-electron chi connectivity index (χ4n) is 5.89. The first kappa shape index (κ1) is 34.8. The Balaban J connectivity index is 1.59. The minimum atomic E-state index is -4.22. The number of aryl methyl sites for hydroxylation is 1. The summed E-state index contributed by atoms with van der Waals surface area (Å²) in [6.45, 7) is 1.16. The molecule has 7 nitrogen and oxygen atoms in total. The van der Waals surface area contributed by atoms with E-state index in [1.807, 2.05) is 30.3 Å². The number of amides is 2. The molecule has 1 aliphatic rings. The number of hydrogen-bond donors (Lipinski definition) is 1. The minimum absolute atomic E-state index is 0.00868. The van der Waals surface area contributed by atoms with E-state index in [9.17, 15) is 18.0 Å². The molecule has 5 rings (SSSR count). The number of nitrogens with one attached hydrogen (secondary N) is 1. The van der Waals surface area contributed by atoms with Crippen LogP contribution in [0.1, 0.15) is 42.4 Å². The molecule has 0 spiro atoms. The summed E-state index contributed by atoms with van der Waals surface area (Å²) < 4.78 is 29.5. The number of anilines is 1. The van der Waals surface area contributed by atoms with Gasteiger partial charge in [-0.15, -0.1) is 0 Å². The summed E-state index contributed by atoms with van der Waals surface area (Å²) in [6, 6.07) is 26.3. The molecular weight excluding hydrogens is 677 g/mol. The molecule has 1 fully saturated rings. The second-order valence-electron chi connectivity index (χ2n) is 11.7. The molecule has 0 aliphatic heterocycles. The summed E-state index contributed by atoms with van der Waals surface area (Å²) in [6.07, 6.45) is 3.99. The molecule has 1 atom stereocenters. The number of sulfonamides is 1. The molecule has 4 aromatic rings. The molecule has 47 heavy (non-hydrogen) atoms. The number of benzene rings is 4. The molecule has 0 aromatic heterocycles. The number of carbonyl (C=O) groups excluding carboxylic acids is 2. The Kier molecular flexibility index (Phi) is 11.5. The van der Waals surface area contributed by atoms with Crippen LogP contribution >= 0.6 is 34.8 Å². The zero-order valence-electron chi connectivity index (χ0n) is 25.9. The van der Waals surface area contributed by atoms with Crippen molar-refractivity contribution >= 4 is 62.3 Å². The first-order chi connectivity index (χ1) is 22.5. The summed E-state index contributed by atoms with van der Waals surface area (Å²) in [4.78, 5) is 30.3. The highest BCUT2D eigenvalue weighted by atomic mass is 35.5. The quantitative estimate of drug-likeness (QED) is 0.162. The van der Waals surface area contributed by atoms with Crippen LogP contribution < -0.4 is 9.62 Å². The molecule has 2 amide bonds. The third-order valence-electron chi connectivity index (χ3n) is 8.35. The van der Waals surface area contributed by atoms with E-state index in [0.717, 1.165) is 35.6 Å². The van der Waals surface area contributed by atoms with Gasteiger partial charge in [0, 0.05) is 24.0 Å². The Labute approximate surface area is 291 Å². The van der Waals surface area contributed by atoms with Gasteiger partial charge in [0.1, 0.15) is 12.6 Å². The monoisotopic (exact) mass is 711 g/mol. The van der Waals surface area contributed by atoms with Gasteiger partial charge in [0.15, 0.2) is 0 Å². The summed E-state index contributed by atoms with van der Waals surface area (Å²) in [5.41, 5.74) is 2.37. The van der Waals surface area contributed by atoms with Crippen LogP contribution in [0.5, 0.6) is 0 Å². The number of rotatable bonds is 12. The van der Waals surface area contributed by atoms with Gasteiger partial charge in [-0.1, -0.05) is 102 Å². The maximum Gasteiger partial charge on any atom is 0.264 e. The van der Waals surface area contributed by atoms with Gasteiger partial charge in [-0.05, 0) is 78.9 Å². The number of carbonyl (C=O) groups is 2. The van der Waals surface area contributed by atoms with E-state index in [1.54, 1.807) is 61.5 Å². The van der Waals surface area contributed by atoms with E-state index in [4.69, 9.17) is 34.8 Å². The Bertz CT molecular complexity index is 1820. The lowest BCUT2D eigenvalue weighted by atomic mass is 10.0. The number of nitrogens with zero attached hydrogens (tertiary/aromatic N) is 2. The number of hydrogen-bond acceptors (Lipinski definition) is 4. The average Bonchev–Trinajstić information content (AvgIpc) is 3.57. The molecule has 0 radical (unpaired) electrons. The molecule has 1 N–H and O–H groups in total. The fourth-order valence-corrected chi connectivity index (χ4v) is 7.93. The molecule has 1 aliphatic carbocycles. The van der Waals surface area contributed by atoms with E-state index >= 15 is 0 Å². The topological polar surface area (TPSA) is 86.8 Å². The highest BCUT2D eigenvalue weighted by Crippen LogP contribution is 2.30. The Morgan fingerprint density at radius 3 is 2.13 bits per heavy atom. The van der Waals surface area contributed by atoms with Crippen molar-refractivity contribution in [3.05, 3.63) is 129 Å². The lowest BCUT2D eigenvalue weighted by Gasteiger charge is -2.34. The van der Waals surface area contributed by atoms with Gasteiger partial charge < -0.3 is 10.2 Å². The zero-order valence-corrected chi connectivity index (χ0v) is 29.0. The minimum Gasteiger partial charge on any atom is -0.352 e. The maximum absolute atomic E-state index is 14.7. The largest absolute Gasteiger partial charge is 0.352 e. The van der Waals surface area contributed by atoms with Crippen LogP contribution in [0.4, 0.5) is 5.69 Å². The van der Waals surface area contributed by atoms with Gasteiger partial charge >= 0.3 is 0 Å². The van der Waals surface area contributed by atoms with Crippen molar-refractivity contribution in [3.8, 4) is 0 Å². The Morgan fingerprint density at radius 2 is 1.49 bits per heavy atom. The van der Waals surface area contributed by atoms with Crippen LogP contribution in [0.2, 0.25) is 15.1 Å². The molecular formula is C36H36Cl3N3O4S. The molecule has 0 bridgehead atoms. The third-order valence-corrected chi connectivity index (χ3v) is 11.1. The van der Waals surface area contributed by atoms with Crippen molar-refractivity contribution in [1.29, 1.82) is 0 Å². The highest BCUT2D eigenvalue weighted by Gasteiger charge is 2.36. The predicted molar refractivity (Wildman–Crippen MR) is 189 cm³/mol. The smallest absolute Gasteiger partial charge is 0.264 e. The predicted octanol–water partition coefficient (Wildman–Crippen LogP) is 7.85. The first-order valence-corrected chi connectivity index (χ1v) is 18.0. The van der Waals surface area contributed by atoms with E-state index in [2.05, 4.69) is 5.32 Å². The second kappa shape index (κ2) is 15.6. The third kappa shape index (κ3) is 8.68. The van der Waals surface area contributed by atoms with E-state index < -0.39 is 28.5 Å².